The lowest BCUT2D eigenvalue weighted by molar-refractivity contribution is -0.106. The molecule has 1 aromatic rings. The van der Waals surface area contributed by atoms with Gasteiger partial charge in [0.15, 0.2) is 0 Å². The molecule has 0 aliphatic carbocycles. The minimum Gasteiger partial charge on any atom is -0.445 e. The zero-order chi connectivity index (χ0) is 9.52. The average Bonchev–Trinajstić information content (AvgIpc) is 2.16. The lowest BCUT2D eigenvalue weighted by Gasteiger charge is -2.10. The summed E-state index contributed by atoms with van der Waals surface area (Å²) in [5, 5.41) is 2.72. The van der Waals surface area contributed by atoms with Gasteiger partial charge in [-0.1, -0.05) is 18.2 Å². The predicted molar refractivity (Wildman–Crippen MR) is 53.9 cm³/mol. The van der Waals surface area contributed by atoms with Crippen molar-refractivity contribution in [1.82, 2.24) is 5.09 Å². The second-order valence-electron chi connectivity index (χ2n) is 2.18. The monoisotopic (exact) mass is 217 g/mol. The maximum Gasteiger partial charge on any atom is 0.263 e. The Morgan fingerprint density at radius 2 is 2.15 bits per heavy atom. The second kappa shape index (κ2) is 5.92. The molecular weight excluding hydrogens is 209 g/mol. The topological polar surface area (TPSA) is 38.3 Å². The van der Waals surface area contributed by atoms with Crippen molar-refractivity contribution in [3.8, 4) is 5.75 Å². The van der Waals surface area contributed by atoms with Crippen molar-refractivity contribution < 1.29 is 9.32 Å². The van der Waals surface area contributed by atoms with Gasteiger partial charge in [-0.05, 0) is 23.4 Å². The van der Waals surface area contributed by atoms with Crippen LogP contribution in [0.25, 0.3) is 0 Å². The molecule has 0 spiro atoms. The van der Waals surface area contributed by atoms with E-state index >= 15 is 0 Å². The van der Waals surface area contributed by atoms with E-state index in [1.54, 1.807) is 12.1 Å². The van der Waals surface area contributed by atoms with Gasteiger partial charge < -0.3 is 9.32 Å². The number of aldehydes is 1. The maximum absolute atomic E-state index is 10.00. The van der Waals surface area contributed by atoms with Crippen molar-refractivity contribution in [2.45, 2.75) is 0 Å². The van der Waals surface area contributed by atoms with Gasteiger partial charge in [0.2, 0.25) is 0 Å². The summed E-state index contributed by atoms with van der Waals surface area (Å²) < 4.78 is 5.28. The third-order valence-electron chi connectivity index (χ3n) is 1.23. The lowest BCUT2D eigenvalue weighted by Crippen LogP contribution is -2.09. The number of halogens is 1. The Balaban J connectivity index is 2.36. The highest BCUT2D eigenvalue weighted by Crippen LogP contribution is 2.38. The van der Waals surface area contributed by atoms with Crippen molar-refractivity contribution >= 4 is 25.2 Å². The fourth-order valence-corrected chi connectivity index (χ4v) is 1.75. The number of hydrogen-bond donors (Lipinski definition) is 1. The van der Waals surface area contributed by atoms with Gasteiger partial charge in [-0.25, -0.2) is 5.09 Å². The number of carbonyl (C=O) groups excluding carboxylic acids is 1. The molecule has 0 aliphatic rings. The molecule has 0 fully saturated rings. The Bertz CT molecular complexity index is 258. The number of rotatable bonds is 5. The van der Waals surface area contributed by atoms with Gasteiger partial charge in [0.1, 0.15) is 12.0 Å². The number of carbonyl (C=O) groups is 1. The minimum atomic E-state index is -1.27. The van der Waals surface area contributed by atoms with E-state index in [4.69, 9.17) is 15.8 Å². The molecule has 0 saturated carbocycles. The van der Waals surface area contributed by atoms with Crippen LogP contribution in [0.15, 0.2) is 30.3 Å². The molecule has 13 heavy (non-hydrogen) atoms. The first-order valence-corrected chi connectivity index (χ1v) is 5.85. The Morgan fingerprint density at radius 1 is 1.46 bits per heavy atom. The van der Waals surface area contributed by atoms with Crippen molar-refractivity contribution in [3.05, 3.63) is 30.3 Å². The molecule has 0 radical (unpaired) electrons. The van der Waals surface area contributed by atoms with Crippen LogP contribution >= 0.6 is 18.9 Å². The molecule has 1 N–H and O–H groups in total. The van der Waals surface area contributed by atoms with Crippen LogP contribution in [0.3, 0.4) is 0 Å². The SMILES string of the molecule is O=CCNP(Cl)Oc1ccccc1. The van der Waals surface area contributed by atoms with Gasteiger partial charge in [-0.2, -0.15) is 0 Å². The summed E-state index contributed by atoms with van der Waals surface area (Å²) >= 11 is 5.77. The summed E-state index contributed by atoms with van der Waals surface area (Å²) in [6.07, 6.45) is 0.742. The zero-order valence-corrected chi connectivity index (χ0v) is 8.46. The van der Waals surface area contributed by atoms with Crippen molar-refractivity contribution in [1.29, 1.82) is 0 Å². The summed E-state index contributed by atoms with van der Waals surface area (Å²) in [5.41, 5.74) is 0. The molecule has 0 saturated heterocycles. The lowest BCUT2D eigenvalue weighted by atomic mass is 10.3. The number of nitrogens with one attached hydrogen (secondary N) is 1. The van der Waals surface area contributed by atoms with Gasteiger partial charge in [0.25, 0.3) is 7.65 Å². The predicted octanol–water partition coefficient (Wildman–Crippen LogP) is 2.32. The fraction of sp³-hybridized carbons (Fsp3) is 0.125. The van der Waals surface area contributed by atoms with Crippen LogP contribution in [0.4, 0.5) is 0 Å². The van der Waals surface area contributed by atoms with Crippen LogP contribution in [0, 0.1) is 0 Å². The first kappa shape index (κ1) is 10.5. The van der Waals surface area contributed by atoms with Gasteiger partial charge in [-0.15, -0.1) is 0 Å². The first-order chi connectivity index (χ1) is 6.33. The number of hydrogen-bond acceptors (Lipinski definition) is 3. The van der Waals surface area contributed by atoms with Gasteiger partial charge >= 0.3 is 0 Å². The van der Waals surface area contributed by atoms with Crippen LogP contribution in [-0.4, -0.2) is 12.8 Å². The van der Waals surface area contributed by atoms with Crippen LogP contribution in [0.2, 0.25) is 0 Å². The Morgan fingerprint density at radius 3 is 2.77 bits per heavy atom. The van der Waals surface area contributed by atoms with Gasteiger partial charge in [0.05, 0.1) is 6.54 Å². The van der Waals surface area contributed by atoms with Crippen LogP contribution in [0.1, 0.15) is 0 Å². The van der Waals surface area contributed by atoms with E-state index in [-0.39, 0.29) is 6.54 Å². The van der Waals surface area contributed by atoms with Crippen LogP contribution in [-0.2, 0) is 4.79 Å². The van der Waals surface area contributed by atoms with E-state index < -0.39 is 7.65 Å². The minimum absolute atomic E-state index is 0.210. The number of para-hydroxylation sites is 1. The molecule has 5 heteroatoms. The van der Waals surface area contributed by atoms with E-state index in [0.29, 0.717) is 5.75 Å². The Kier molecular flexibility index (Phi) is 4.76. The summed E-state index contributed by atoms with van der Waals surface area (Å²) in [6.45, 7) is 0.210. The van der Waals surface area contributed by atoms with Gasteiger partial charge in [0, 0.05) is 0 Å². The molecule has 1 aromatic carbocycles. The highest BCUT2D eigenvalue weighted by Gasteiger charge is 2.04. The molecule has 1 atom stereocenters. The smallest absolute Gasteiger partial charge is 0.263 e. The van der Waals surface area contributed by atoms with Gasteiger partial charge in [-0.3, -0.25) is 0 Å². The van der Waals surface area contributed by atoms with E-state index in [1.807, 2.05) is 18.2 Å². The molecule has 0 amide bonds. The maximum atomic E-state index is 10.00. The average molecular weight is 218 g/mol. The standard InChI is InChI=1S/C8H9ClNO2P/c9-13(10-6-7-11)12-8-4-2-1-3-5-8/h1-5,7,10H,6H2. The molecule has 0 heterocycles. The zero-order valence-electron chi connectivity index (χ0n) is 6.81. The largest absolute Gasteiger partial charge is 0.445 e. The van der Waals surface area contributed by atoms with E-state index in [0.717, 1.165) is 6.29 Å². The van der Waals surface area contributed by atoms with Crippen LogP contribution in [0.5, 0.6) is 5.75 Å². The third-order valence-corrected chi connectivity index (χ3v) is 2.60. The summed E-state index contributed by atoms with van der Waals surface area (Å²) in [5.74, 6) is 0.696. The first-order valence-electron chi connectivity index (χ1n) is 3.69. The fourth-order valence-electron chi connectivity index (χ4n) is 0.715. The third kappa shape index (κ3) is 4.23. The molecule has 70 valence electrons. The Hall–Kier alpha value is -0.630. The summed E-state index contributed by atoms with van der Waals surface area (Å²) in [4.78, 5) is 10.00. The highest BCUT2D eigenvalue weighted by atomic mass is 35.7. The Labute approximate surface area is 82.7 Å². The number of benzene rings is 1. The van der Waals surface area contributed by atoms with Crippen molar-refractivity contribution in [2.24, 2.45) is 0 Å². The molecular formula is C8H9ClNO2P. The summed E-state index contributed by atoms with van der Waals surface area (Å²) in [7, 11) is -1.27. The normalized spacial score (nSPS) is 12.1. The molecule has 0 bridgehead atoms. The summed E-state index contributed by atoms with van der Waals surface area (Å²) in [6, 6.07) is 9.22. The van der Waals surface area contributed by atoms with Crippen molar-refractivity contribution in [3.63, 3.8) is 0 Å². The molecule has 1 rings (SSSR count). The quantitative estimate of drug-likeness (QED) is 0.608. The van der Waals surface area contributed by atoms with Crippen LogP contribution < -0.4 is 9.61 Å². The molecule has 1 unspecified atom stereocenters. The molecule has 0 aliphatic heterocycles. The highest BCUT2D eigenvalue weighted by molar-refractivity contribution is 7.78. The van der Waals surface area contributed by atoms with E-state index in [1.165, 1.54) is 0 Å². The molecule has 3 nitrogen and oxygen atoms in total. The molecule has 0 aromatic heterocycles. The second-order valence-corrected chi connectivity index (χ2v) is 4.09. The van der Waals surface area contributed by atoms with E-state index in [9.17, 15) is 4.79 Å². The van der Waals surface area contributed by atoms with Crippen molar-refractivity contribution in [2.75, 3.05) is 6.54 Å². The van der Waals surface area contributed by atoms with E-state index in [2.05, 4.69) is 5.09 Å².